The van der Waals surface area contributed by atoms with E-state index in [1.165, 1.54) is 11.8 Å². The minimum Gasteiger partial charge on any atom is -0.333 e. The maximum absolute atomic E-state index is 13.2. The normalized spacial score (nSPS) is 14.2. The van der Waals surface area contributed by atoms with Gasteiger partial charge in [0.25, 0.3) is 0 Å². The average Bonchev–Trinajstić information content (AvgIpc) is 3.55. The lowest BCUT2D eigenvalue weighted by atomic mass is 10.0. The quantitative estimate of drug-likeness (QED) is 0.405. The van der Waals surface area contributed by atoms with E-state index in [0.717, 1.165) is 40.2 Å². The number of nitrogens with zero attached hydrogens (tertiary/aromatic N) is 3. The van der Waals surface area contributed by atoms with Crippen molar-refractivity contribution in [1.29, 1.82) is 0 Å². The van der Waals surface area contributed by atoms with Gasteiger partial charge in [-0.05, 0) is 45.2 Å². The van der Waals surface area contributed by atoms with Crippen LogP contribution in [0.4, 0.5) is 0 Å². The summed E-state index contributed by atoms with van der Waals surface area (Å²) < 4.78 is 0. The molecule has 0 unspecified atom stereocenters. The third-order valence-corrected chi connectivity index (χ3v) is 6.13. The summed E-state index contributed by atoms with van der Waals surface area (Å²) in [5.41, 5.74) is 1.86. The zero-order valence-corrected chi connectivity index (χ0v) is 18.1. The Morgan fingerprint density at radius 1 is 1.03 bits per heavy atom. The first-order chi connectivity index (χ1) is 13.9. The second kappa shape index (κ2) is 8.15. The van der Waals surface area contributed by atoms with Crippen molar-refractivity contribution in [2.24, 2.45) is 0 Å². The van der Waals surface area contributed by atoms with Crippen LogP contribution in [0.5, 0.6) is 0 Å². The molecule has 0 saturated heterocycles. The molecule has 1 heterocycles. The fraction of sp³-hybridized carbons (Fsp3) is 0.375. The van der Waals surface area contributed by atoms with E-state index in [1.54, 1.807) is 0 Å². The van der Waals surface area contributed by atoms with Crippen LogP contribution < -0.4 is 0 Å². The van der Waals surface area contributed by atoms with E-state index >= 15 is 0 Å². The number of amides is 1. The summed E-state index contributed by atoms with van der Waals surface area (Å²) in [5.74, 6) is 1.91. The van der Waals surface area contributed by atoms with E-state index in [0.29, 0.717) is 18.2 Å². The zero-order chi connectivity index (χ0) is 20.4. The molecule has 5 heteroatoms. The van der Waals surface area contributed by atoms with Crippen LogP contribution in [0.2, 0.25) is 0 Å². The lowest BCUT2D eigenvalue weighted by Crippen LogP contribution is -2.45. The summed E-state index contributed by atoms with van der Waals surface area (Å²) in [5, 5.41) is 1.94. The summed E-state index contributed by atoms with van der Waals surface area (Å²) in [6, 6.07) is 18.3. The average molecular weight is 406 g/mol. The largest absolute Gasteiger partial charge is 0.333 e. The lowest BCUT2D eigenvalue weighted by Gasteiger charge is -2.36. The van der Waals surface area contributed by atoms with Crippen LogP contribution in [-0.2, 0) is 11.3 Å². The molecule has 0 spiro atoms. The minimum absolute atomic E-state index is 0.127. The number of carbonyl (C=O) groups excluding carboxylic acids is 1. The van der Waals surface area contributed by atoms with Gasteiger partial charge in [-0.25, -0.2) is 9.97 Å². The van der Waals surface area contributed by atoms with Crippen molar-refractivity contribution >= 4 is 28.6 Å². The molecule has 2 aromatic carbocycles. The summed E-state index contributed by atoms with van der Waals surface area (Å²) in [6.07, 6.45) is 2.33. The third-order valence-electron chi connectivity index (χ3n) is 5.15. The Hall–Kier alpha value is -2.40. The Morgan fingerprint density at radius 3 is 2.41 bits per heavy atom. The Morgan fingerprint density at radius 2 is 1.72 bits per heavy atom. The van der Waals surface area contributed by atoms with E-state index in [-0.39, 0.29) is 11.4 Å². The maximum atomic E-state index is 13.2. The molecule has 150 valence electrons. The van der Waals surface area contributed by atoms with Crippen LogP contribution in [0, 0.1) is 0 Å². The highest BCUT2D eigenvalue weighted by Crippen LogP contribution is 2.39. The van der Waals surface area contributed by atoms with Crippen molar-refractivity contribution in [3.63, 3.8) is 0 Å². The first-order valence-corrected chi connectivity index (χ1v) is 11.1. The molecule has 0 atom stereocenters. The predicted molar refractivity (Wildman–Crippen MR) is 119 cm³/mol. The monoisotopic (exact) mass is 405 g/mol. The van der Waals surface area contributed by atoms with Gasteiger partial charge in [-0.2, -0.15) is 0 Å². The number of para-hydroxylation sites is 1. The van der Waals surface area contributed by atoms with E-state index in [2.05, 4.69) is 32.9 Å². The number of fused-ring (bicyclic) bond motifs is 1. The summed E-state index contributed by atoms with van der Waals surface area (Å²) in [4.78, 5) is 24.7. The number of benzene rings is 2. The van der Waals surface area contributed by atoms with E-state index < -0.39 is 0 Å². The molecule has 1 fully saturated rings. The smallest absolute Gasteiger partial charge is 0.233 e. The van der Waals surface area contributed by atoms with Gasteiger partial charge in [0.1, 0.15) is 10.9 Å². The number of aromatic nitrogens is 2. The molecule has 0 radical (unpaired) electrons. The van der Waals surface area contributed by atoms with Crippen LogP contribution >= 0.6 is 11.8 Å². The lowest BCUT2D eigenvalue weighted by molar-refractivity contribution is -0.133. The second-order valence-electron chi connectivity index (χ2n) is 8.60. The van der Waals surface area contributed by atoms with Gasteiger partial charge in [-0.3, -0.25) is 4.79 Å². The van der Waals surface area contributed by atoms with Crippen molar-refractivity contribution in [2.45, 2.75) is 56.6 Å². The SMILES string of the molecule is CC(C)(C)N(Cc1ccccc1)C(=O)CSc1nc(C2CC2)nc2ccccc12. The van der Waals surface area contributed by atoms with Gasteiger partial charge in [0, 0.05) is 23.4 Å². The number of rotatable bonds is 6. The van der Waals surface area contributed by atoms with Crippen LogP contribution in [0.15, 0.2) is 59.6 Å². The van der Waals surface area contributed by atoms with Crippen LogP contribution in [0.3, 0.4) is 0 Å². The highest BCUT2D eigenvalue weighted by Gasteiger charge is 2.29. The van der Waals surface area contributed by atoms with Gasteiger partial charge < -0.3 is 4.90 Å². The molecule has 1 saturated carbocycles. The molecule has 1 aliphatic rings. The molecule has 29 heavy (non-hydrogen) atoms. The fourth-order valence-corrected chi connectivity index (χ4v) is 4.27. The van der Waals surface area contributed by atoms with Gasteiger partial charge >= 0.3 is 0 Å². The number of carbonyl (C=O) groups is 1. The van der Waals surface area contributed by atoms with E-state index in [1.807, 2.05) is 47.4 Å². The summed E-state index contributed by atoms with van der Waals surface area (Å²) in [7, 11) is 0. The van der Waals surface area contributed by atoms with Gasteiger partial charge in [0.05, 0.1) is 11.3 Å². The van der Waals surface area contributed by atoms with Crippen molar-refractivity contribution in [3.8, 4) is 0 Å². The van der Waals surface area contributed by atoms with Crippen molar-refractivity contribution in [1.82, 2.24) is 14.9 Å². The Labute approximate surface area is 176 Å². The molecule has 1 aromatic heterocycles. The Bertz CT molecular complexity index is 1010. The second-order valence-corrected chi connectivity index (χ2v) is 9.57. The zero-order valence-electron chi connectivity index (χ0n) is 17.3. The first kappa shape index (κ1) is 19.9. The molecular formula is C24H27N3OS. The number of hydrogen-bond donors (Lipinski definition) is 0. The summed E-state index contributed by atoms with van der Waals surface area (Å²) >= 11 is 1.53. The topological polar surface area (TPSA) is 46.1 Å². The Kier molecular flexibility index (Phi) is 5.59. The molecular weight excluding hydrogens is 378 g/mol. The van der Waals surface area contributed by atoms with Gasteiger partial charge in [-0.1, -0.05) is 60.3 Å². The molecule has 1 amide bonds. The molecule has 4 rings (SSSR count). The summed E-state index contributed by atoms with van der Waals surface area (Å²) in [6.45, 7) is 6.87. The van der Waals surface area contributed by atoms with E-state index in [4.69, 9.17) is 9.97 Å². The van der Waals surface area contributed by atoms with Crippen molar-refractivity contribution in [3.05, 3.63) is 66.0 Å². The van der Waals surface area contributed by atoms with Crippen molar-refractivity contribution in [2.75, 3.05) is 5.75 Å². The predicted octanol–water partition coefficient (Wildman–Crippen LogP) is 5.43. The Balaban J connectivity index is 1.54. The number of hydrogen-bond acceptors (Lipinski definition) is 4. The van der Waals surface area contributed by atoms with Gasteiger partial charge in [0.2, 0.25) is 5.91 Å². The molecule has 1 aliphatic carbocycles. The van der Waals surface area contributed by atoms with Crippen LogP contribution in [0.25, 0.3) is 10.9 Å². The van der Waals surface area contributed by atoms with Crippen molar-refractivity contribution < 1.29 is 4.79 Å². The third kappa shape index (κ3) is 4.78. The molecule has 3 aromatic rings. The molecule has 0 aliphatic heterocycles. The highest BCUT2D eigenvalue weighted by molar-refractivity contribution is 8.00. The van der Waals surface area contributed by atoms with Gasteiger partial charge in [-0.15, -0.1) is 0 Å². The van der Waals surface area contributed by atoms with Crippen LogP contribution in [-0.4, -0.2) is 32.1 Å². The molecule has 0 N–H and O–H groups in total. The first-order valence-electron chi connectivity index (χ1n) is 10.2. The van der Waals surface area contributed by atoms with Gasteiger partial charge in [0.15, 0.2) is 0 Å². The highest BCUT2D eigenvalue weighted by atomic mass is 32.2. The van der Waals surface area contributed by atoms with Crippen LogP contribution in [0.1, 0.15) is 50.9 Å². The number of thioether (sulfide) groups is 1. The fourth-order valence-electron chi connectivity index (χ4n) is 3.37. The minimum atomic E-state index is -0.250. The standard InChI is InChI=1S/C24H27N3OS/c1-24(2,3)27(15-17-9-5-4-6-10-17)21(28)16-29-23-19-11-7-8-12-20(19)25-22(26-23)18-13-14-18/h4-12,18H,13-16H2,1-3H3. The van der Waals surface area contributed by atoms with E-state index in [9.17, 15) is 4.79 Å². The molecule has 0 bridgehead atoms. The molecule has 4 nitrogen and oxygen atoms in total. The maximum Gasteiger partial charge on any atom is 0.233 e.